The van der Waals surface area contributed by atoms with Crippen molar-refractivity contribution in [2.75, 3.05) is 20.1 Å². The Morgan fingerprint density at radius 1 is 1.21 bits per heavy atom. The Balaban J connectivity index is 1.52. The van der Waals surface area contributed by atoms with Crippen LogP contribution < -0.4 is 0 Å². The number of likely N-dealkylation sites (tertiary alicyclic amines) is 1. The summed E-state index contributed by atoms with van der Waals surface area (Å²) in [5, 5.41) is 0. The molecule has 2 heterocycles. The Kier molecular flexibility index (Phi) is 5.54. The predicted molar refractivity (Wildman–Crippen MR) is 94.6 cm³/mol. The summed E-state index contributed by atoms with van der Waals surface area (Å²) in [4.78, 5) is 34.3. The largest absolute Gasteiger partial charge is 0.342 e. The smallest absolute Gasteiger partial charge is 0.226 e. The molecule has 1 unspecified atom stereocenters. The van der Waals surface area contributed by atoms with E-state index in [0.717, 1.165) is 43.6 Å². The number of aromatic nitrogens is 1. The maximum Gasteiger partial charge on any atom is 0.226 e. The summed E-state index contributed by atoms with van der Waals surface area (Å²) in [7, 11) is 1.88. The van der Waals surface area contributed by atoms with E-state index in [1.165, 1.54) is 12.8 Å². The summed E-state index contributed by atoms with van der Waals surface area (Å²) < 4.78 is 0. The van der Waals surface area contributed by atoms with Gasteiger partial charge in [-0.3, -0.25) is 14.6 Å². The second-order valence-corrected chi connectivity index (χ2v) is 8.03. The highest BCUT2D eigenvalue weighted by molar-refractivity contribution is 7.09. The van der Waals surface area contributed by atoms with Crippen molar-refractivity contribution in [3.63, 3.8) is 0 Å². The molecule has 2 fully saturated rings. The molecule has 0 N–H and O–H groups in total. The van der Waals surface area contributed by atoms with Crippen LogP contribution in [0.5, 0.6) is 0 Å². The lowest BCUT2D eigenvalue weighted by molar-refractivity contribution is -0.142. The van der Waals surface area contributed by atoms with Gasteiger partial charge in [-0.1, -0.05) is 12.8 Å². The number of thiazole rings is 1. The summed E-state index contributed by atoms with van der Waals surface area (Å²) in [5.41, 5.74) is 1.80. The normalized spacial score (nSPS) is 21.0. The highest BCUT2D eigenvalue weighted by Gasteiger charge is 2.33. The number of rotatable bonds is 4. The fourth-order valence-electron chi connectivity index (χ4n) is 3.88. The Bertz CT molecular complexity index is 561. The molecular weight excluding hydrogens is 322 g/mol. The van der Waals surface area contributed by atoms with E-state index >= 15 is 0 Å². The van der Waals surface area contributed by atoms with Crippen molar-refractivity contribution in [1.82, 2.24) is 14.8 Å². The van der Waals surface area contributed by atoms with Crippen molar-refractivity contribution in [3.05, 3.63) is 16.6 Å². The summed E-state index contributed by atoms with van der Waals surface area (Å²) in [6, 6.07) is 0.0585. The second kappa shape index (κ2) is 7.64. The first-order chi connectivity index (χ1) is 11.6. The van der Waals surface area contributed by atoms with Gasteiger partial charge >= 0.3 is 0 Å². The molecule has 0 spiro atoms. The minimum absolute atomic E-state index is 0.0398. The molecule has 1 atom stereocenters. The molecule has 0 bridgehead atoms. The van der Waals surface area contributed by atoms with Crippen molar-refractivity contribution in [2.24, 2.45) is 11.8 Å². The van der Waals surface area contributed by atoms with Gasteiger partial charge in [-0.25, -0.2) is 0 Å². The number of hydrogen-bond donors (Lipinski definition) is 0. The lowest BCUT2D eigenvalue weighted by Crippen LogP contribution is -2.45. The minimum Gasteiger partial charge on any atom is -0.342 e. The first-order valence-corrected chi connectivity index (χ1v) is 9.89. The Morgan fingerprint density at radius 2 is 1.88 bits per heavy atom. The third-order valence-electron chi connectivity index (χ3n) is 5.65. The number of hydrogen-bond acceptors (Lipinski definition) is 4. The van der Waals surface area contributed by atoms with Crippen molar-refractivity contribution in [3.8, 4) is 0 Å². The number of carbonyl (C=O) groups is 2. The zero-order chi connectivity index (χ0) is 17.1. The maximum absolute atomic E-state index is 12.8. The average molecular weight is 350 g/mol. The molecule has 3 rings (SSSR count). The summed E-state index contributed by atoms with van der Waals surface area (Å²) in [6.45, 7) is 3.51. The molecule has 1 aromatic rings. The van der Waals surface area contributed by atoms with Crippen LogP contribution in [0.3, 0.4) is 0 Å². The van der Waals surface area contributed by atoms with Crippen LogP contribution in [-0.2, 0) is 9.59 Å². The van der Waals surface area contributed by atoms with Gasteiger partial charge in [0.05, 0.1) is 11.6 Å². The number of amides is 2. The molecule has 2 amide bonds. The lowest BCUT2D eigenvalue weighted by Gasteiger charge is -2.35. The Hall–Kier alpha value is -1.43. The van der Waals surface area contributed by atoms with Crippen LogP contribution in [-0.4, -0.2) is 46.7 Å². The monoisotopic (exact) mass is 349 g/mol. The molecule has 6 heteroatoms. The van der Waals surface area contributed by atoms with E-state index in [4.69, 9.17) is 0 Å². The summed E-state index contributed by atoms with van der Waals surface area (Å²) in [5.74, 6) is 0.804. The molecule has 0 aromatic carbocycles. The van der Waals surface area contributed by atoms with Crippen LogP contribution in [0, 0.1) is 11.8 Å². The van der Waals surface area contributed by atoms with E-state index in [9.17, 15) is 9.59 Å². The van der Waals surface area contributed by atoms with Crippen LogP contribution in [0.25, 0.3) is 0 Å². The van der Waals surface area contributed by atoms with Gasteiger partial charge in [0, 0.05) is 43.0 Å². The van der Waals surface area contributed by atoms with E-state index in [1.807, 2.05) is 30.0 Å². The third kappa shape index (κ3) is 3.63. The minimum atomic E-state index is 0.0398. The van der Waals surface area contributed by atoms with E-state index in [1.54, 1.807) is 16.8 Å². The van der Waals surface area contributed by atoms with Gasteiger partial charge in [0.25, 0.3) is 0 Å². The number of carbonyl (C=O) groups excluding carboxylic acids is 2. The van der Waals surface area contributed by atoms with Gasteiger partial charge in [-0.15, -0.1) is 11.3 Å². The summed E-state index contributed by atoms with van der Waals surface area (Å²) in [6.07, 6.45) is 7.88. The highest BCUT2D eigenvalue weighted by atomic mass is 32.1. The standard InChI is InChI=1S/C18H27N3O2S/c1-13(16-11-19-12-24-16)20(2)17(22)15-7-9-21(10-8-15)18(23)14-5-3-4-6-14/h11-15H,3-10H2,1-2H3. The first-order valence-electron chi connectivity index (χ1n) is 9.01. The van der Waals surface area contributed by atoms with Gasteiger partial charge in [0.15, 0.2) is 0 Å². The van der Waals surface area contributed by atoms with Crippen LogP contribution in [0.2, 0.25) is 0 Å². The van der Waals surface area contributed by atoms with Gasteiger partial charge < -0.3 is 9.80 Å². The van der Waals surface area contributed by atoms with Crippen molar-refractivity contribution in [1.29, 1.82) is 0 Å². The van der Waals surface area contributed by atoms with Gasteiger partial charge in [0.2, 0.25) is 11.8 Å². The molecule has 5 nitrogen and oxygen atoms in total. The van der Waals surface area contributed by atoms with Crippen molar-refractivity contribution in [2.45, 2.75) is 51.5 Å². The molecule has 24 heavy (non-hydrogen) atoms. The van der Waals surface area contributed by atoms with Crippen LogP contribution in [0.15, 0.2) is 11.7 Å². The second-order valence-electron chi connectivity index (χ2n) is 7.11. The topological polar surface area (TPSA) is 53.5 Å². The van der Waals surface area contributed by atoms with Gasteiger partial charge in [0.1, 0.15) is 0 Å². The van der Waals surface area contributed by atoms with Crippen LogP contribution >= 0.6 is 11.3 Å². The molecule has 1 saturated heterocycles. The number of nitrogens with zero attached hydrogens (tertiary/aromatic N) is 3. The quantitative estimate of drug-likeness (QED) is 0.839. The predicted octanol–water partition coefficient (Wildman–Crippen LogP) is 3.09. The van der Waals surface area contributed by atoms with Crippen molar-refractivity contribution >= 4 is 23.2 Å². The molecule has 1 saturated carbocycles. The summed E-state index contributed by atoms with van der Waals surface area (Å²) >= 11 is 1.58. The Labute approximate surface area is 148 Å². The molecular formula is C18H27N3O2S. The molecule has 2 aliphatic rings. The van der Waals surface area contributed by atoms with E-state index in [-0.39, 0.29) is 23.8 Å². The van der Waals surface area contributed by atoms with Gasteiger partial charge in [-0.2, -0.15) is 0 Å². The molecule has 1 aliphatic carbocycles. The molecule has 0 radical (unpaired) electrons. The van der Waals surface area contributed by atoms with E-state index < -0.39 is 0 Å². The number of piperidine rings is 1. The highest BCUT2D eigenvalue weighted by Crippen LogP contribution is 2.30. The van der Waals surface area contributed by atoms with E-state index in [0.29, 0.717) is 5.91 Å². The fourth-order valence-corrected chi connectivity index (χ4v) is 4.60. The first kappa shape index (κ1) is 17.4. The maximum atomic E-state index is 12.8. The lowest BCUT2D eigenvalue weighted by atomic mass is 9.93. The van der Waals surface area contributed by atoms with Crippen molar-refractivity contribution < 1.29 is 9.59 Å². The molecule has 1 aromatic heterocycles. The fraction of sp³-hybridized carbons (Fsp3) is 0.722. The molecule has 132 valence electrons. The SMILES string of the molecule is CC(c1cncs1)N(C)C(=O)C1CCN(C(=O)C2CCCC2)CC1. The molecule has 1 aliphatic heterocycles. The third-order valence-corrected chi connectivity index (χ3v) is 6.60. The zero-order valence-electron chi connectivity index (χ0n) is 14.6. The van der Waals surface area contributed by atoms with Gasteiger partial charge in [-0.05, 0) is 32.6 Å². The average Bonchev–Trinajstić information content (AvgIpc) is 3.32. The Morgan fingerprint density at radius 3 is 2.46 bits per heavy atom. The van der Waals surface area contributed by atoms with Crippen LogP contribution in [0.4, 0.5) is 0 Å². The van der Waals surface area contributed by atoms with Crippen LogP contribution in [0.1, 0.15) is 56.4 Å². The zero-order valence-corrected chi connectivity index (χ0v) is 15.4. The van der Waals surface area contributed by atoms with E-state index in [2.05, 4.69) is 4.98 Å².